The molecule has 49 heavy (non-hydrogen) atoms. The van der Waals surface area contributed by atoms with Crippen molar-refractivity contribution in [2.45, 2.75) is 0 Å². The zero-order valence-electron chi connectivity index (χ0n) is 26.2. The van der Waals surface area contributed by atoms with Gasteiger partial charge >= 0.3 is 0 Å². The van der Waals surface area contributed by atoms with Crippen molar-refractivity contribution in [2.24, 2.45) is 0 Å². The maximum Gasteiger partial charge on any atom is 0.143 e. The summed E-state index contributed by atoms with van der Waals surface area (Å²) >= 11 is 1.73. The van der Waals surface area contributed by atoms with Crippen LogP contribution in [0.4, 0.5) is 0 Å². The van der Waals surface area contributed by atoms with Crippen LogP contribution in [-0.4, -0.2) is 9.55 Å². The second-order valence-corrected chi connectivity index (χ2v) is 13.8. The first-order chi connectivity index (χ1) is 24.3. The molecular weight excluding hydrogens is 617 g/mol. The van der Waals surface area contributed by atoms with Crippen LogP contribution in [0.1, 0.15) is 0 Å². The molecule has 8 aromatic carbocycles. The van der Waals surface area contributed by atoms with Gasteiger partial charge in [-0.25, -0.2) is 4.98 Å². The summed E-state index contributed by atoms with van der Waals surface area (Å²) in [6, 6.07) is 56.5. The molecule has 0 saturated carbocycles. The van der Waals surface area contributed by atoms with Crippen molar-refractivity contribution in [1.82, 2.24) is 9.55 Å². The van der Waals surface area contributed by atoms with Crippen molar-refractivity contribution in [1.29, 1.82) is 0 Å². The third-order valence-electron chi connectivity index (χ3n) is 10.0. The van der Waals surface area contributed by atoms with Gasteiger partial charge in [0.05, 0.1) is 26.6 Å². The van der Waals surface area contributed by atoms with Crippen LogP contribution in [0.2, 0.25) is 0 Å². The van der Waals surface area contributed by atoms with Crippen LogP contribution >= 0.6 is 11.3 Å². The summed E-state index contributed by atoms with van der Waals surface area (Å²) in [7, 11) is 0. The van der Waals surface area contributed by atoms with E-state index in [1.807, 2.05) is 0 Å². The highest BCUT2D eigenvalue weighted by Crippen LogP contribution is 2.42. The fourth-order valence-corrected chi connectivity index (χ4v) is 8.71. The van der Waals surface area contributed by atoms with E-state index >= 15 is 0 Å². The summed E-state index contributed by atoms with van der Waals surface area (Å²) in [4.78, 5) is 5.26. The molecule has 11 aromatic rings. The highest BCUT2D eigenvalue weighted by Gasteiger charge is 2.19. The van der Waals surface area contributed by atoms with Crippen LogP contribution < -0.4 is 0 Å². The first-order valence-corrected chi connectivity index (χ1v) is 17.4. The third kappa shape index (κ3) is 3.92. The van der Waals surface area contributed by atoms with E-state index in [0.29, 0.717) is 0 Å². The molecule has 0 atom stereocenters. The van der Waals surface area contributed by atoms with Crippen molar-refractivity contribution in [3.05, 3.63) is 158 Å². The number of nitrogens with zero attached hydrogens (tertiary/aromatic N) is 2. The summed E-state index contributed by atoms with van der Waals surface area (Å²) in [5, 5.41) is 10.7. The van der Waals surface area contributed by atoms with Crippen LogP contribution in [0.25, 0.3) is 103 Å². The highest BCUT2D eigenvalue weighted by atomic mass is 32.1. The standard InChI is InChI=1S/C45H26N2OS/c1-2-10-30-26-31(17-16-27(30)8-1)34-13-7-14-37-41-39(48-44(34)37)24-25-40-42(41)46-45(49-40)29-18-21-32(22-19-29)47-38-15-6-5-12-35(38)36-23-20-28-9-3-4-11-33(28)43(36)47/h1-26H. The van der Waals surface area contributed by atoms with Gasteiger partial charge in [0, 0.05) is 38.4 Å². The molecule has 0 saturated heterocycles. The second kappa shape index (κ2) is 10.1. The first-order valence-electron chi connectivity index (χ1n) is 16.5. The zero-order chi connectivity index (χ0) is 32.1. The molecule has 3 nitrogen and oxygen atoms in total. The molecule has 0 aliphatic rings. The summed E-state index contributed by atoms with van der Waals surface area (Å²) in [6.45, 7) is 0. The van der Waals surface area contributed by atoms with Gasteiger partial charge in [-0.3, -0.25) is 0 Å². The summed E-state index contributed by atoms with van der Waals surface area (Å²) < 4.78 is 10.2. The van der Waals surface area contributed by atoms with Gasteiger partial charge in [0.15, 0.2) is 0 Å². The van der Waals surface area contributed by atoms with Crippen LogP contribution in [0.3, 0.4) is 0 Å². The van der Waals surface area contributed by atoms with E-state index in [2.05, 4.69) is 162 Å². The number of thiazole rings is 1. The Bertz CT molecular complexity index is 3110. The minimum atomic E-state index is 0.863. The van der Waals surface area contributed by atoms with Gasteiger partial charge in [-0.2, -0.15) is 0 Å². The Hall–Kier alpha value is -6.23. The summed E-state index contributed by atoms with van der Waals surface area (Å²) in [5.41, 5.74) is 9.68. The van der Waals surface area contributed by atoms with Gasteiger partial charge in [0.2, 0.25) is 0 Å². The molecular formula is C45H26N2OS. The summed E-state index contributed by atoms with van der Waals surface area (Å²) in [6.07, 6.45) is 0. The average molecular weight is 643 g/mol. The molecule has 0 N–H and O–H groups in total. The molecule has 0 fully saturated rings. The van der Waals surface area contributed by atoms with Crippen LogP contribution in [0.15, 0.2) is 162 Å². The topological polar surface area (TPSA) is 31.0 Å². The van der Waals surface area contributed by atoms with Crippen molar-refractivity contribution in [3.63, 3.8) is 0 Å². The quantitative estimate of drug-likeness (QED) is 0.192. The van der Waals surface area contributed by atoms with Gasteiger partial charge in [0.25, 0.3) is 0 Å². The minimum Gasteiger partial charge on any atom is -0.455 e. The highest BCUT2D eigenvalue weighted by molar-refractivity contribution is 7.21. The first kappa shape index (κ1) is 26.8. The van der Waals surface area contributed by atoms with E-state index < -0.39 is 0 Å². The molecule has 0 radical (unpaired) electrons. The molecule has 3 heterocycles. The van der Waals surface area contributed by atoms with E-state index in [0.717, 1.165) is 59.5 Å². The lowest BCUT2D eigenvalue weighted by Gasteiger charge is -2.10. The Labute approximate surface area is 284 Å². The maximum absolute atomic E-state index is 6.59. The molecule has 3 aromatic heterocycles. The van der Waals surface area contributed by atoms with E-state index in [1.165, 1.54) is 43.4 Å². The van der Waals surface area contributed by atoms with Crippen molar-refractivity contribution >= 4 is 86.8 Å². The smallest absolute Gasteiger partial charge is 0.143 e. The predicted molar refractivity (Wildman–Crippen MR) is 207 cm³/mol. The molecule has 228 valence electrons. The van der Waals surface area contributed by atoms with Gasteiger partial charge in [0.1, 0.15) is 16.2 Å². The Kier molecular flexibility index (Phi) is 5.54. The second-order valence-electron chi connectivity index (χ2n) is 12.7. The van der Waals surface area contributed by atoms with Gasteiger partial charge in [-0.05, 0) is 70.3 Å². The van der Waals surface area contributed by atoms with Crippen molar-refractivity contribution in [2.75, 3.05) is 0 Å². The lowest BCUT2D eigenvalue weighted by molar-refractivity contribution is 0.670. The Morgan fingerprint density at radius 3 is 2.16 bits per heavy atom. The molecule has 0 amide bonds. The van der Waals surface area contributed by atoms with E-state index in [9.17, 15) is 0 Å². The number of para-hydroxylation sites is 2. The molecule has 0 aliphatic heterocycles. The van der Waals surface area contributed by atoms with Crippen LogP contribution in [0, 0.1) is 0 Å². The van der Waals surface area contributed by atoms with Crippen LogP contribution in [-0.2, 0) is 0 Å². The molecule has 0 unspecified atom stereocenters. The van der Waals surface area contributed by atoms with Gasteiger partial charge in [-0.1, -0.05) is 109 Å². The zero-order valence-corrected chi connectivity index (χ0v) is 27.0. The fourth-order valence-electron chi connectivity index (χ4n) is 7.73. The van der Waals surface area contributed by atoms with Gasteiger partial charge in [-0.15, -0.1) is 11.3 Å². The van der Waals surface area contributed by atoms with E-state index in [4.69, 9.17) is 9.40 Å². The molecule has 11 rings (SSSR count). The van der Waals surface area contributed by atoms with Crippen molar-refractivity contribution < 1.29 is 4.42 Å². The number of hydrogen-bond donors (Lipinski definition) is 0. The molecule has 0 aliphatic carbocycles. The number of benzene rings is 8. The predicted octanol–water partition coefficient (Wildman–Crippen LogP) is 12.9. The largest absolute Gasteiger partial charge is 0.455 e. The van der Waals surface area contributed by atoms with E-state index in [1.54, 1.807) is 11.3 Å². The number of furan rings is 1. The Morgan fingerprint density at radius 1 is 0.531 bits per heavy atom. The Balaban J connectivity index is 1.05. The summed E-state index contributed by atoms with van der Waals surface area (Å²) in [5.74, 6) is 0. The monoisotopic (exact) mass is 642 g/mol. The number of rotatable bonds is 3. The van der Waals surface area contributed by atoms with Gasteiger partial charge < -0.3 is 8.98 Å². The average Bonchev–Trinajstić information content (AvgIpc) is 3.86. The molecule has 0 bridgehead atoms. The third-order valence-corrected chi connectivity index (χ3v) is 11.1. The lowest BCUT2D eigenvalue weighted by Crippen LogP contribution is -1.94. The number of hydrogen-bond acceptors (Lipinski definition) is 3. The van der Waals surface area contributed by atoms with Crippen LogP contribution in [0.5, 0.6) is 0 Å². The molecule has 4 heteroatoms. The fraction of sp³-hybridized carbons (Fsp3) is 0. The number of aromatic nitrogens is 2. The maximum atomic E-state index is 6.59. The van der Waals surface area contributed by atoms with Crippen molar-refractivity contribution in [3.8, 4) is 27.4 Å². The lowest BCUT2D eigenvalue weighted by atomic mass is 9.99. The SMILES string of the molecule is c1ccc2cc(-c3cccc4c3oc3ccc5sc(-c6ccc(-n7c8ccccc8c8ccc9ccccc9c87)cc6)nc5c34)ccc2c1. The number of fused-ring (bicyclic) bond motifs is 11. The normalized spacial score (nSPS) is 12.1. The van der Waals surface area contributed by atoms with E-state index in [-0.39, 0.29) is 0 Å². The minimum absolute atomic E-state index is 0.863. The molecule has 0 spiro atoms. The Morgan fingerprint density at radius 2 is 1.27 bits per heavy atom.